The van der Waals surface area contributed by atoms with Crippen molar-refractivity contribution in [2.24, 2.45) is 0 Å². The number of benzene rings is 3. The van der Waals surface area contributed by atoms with Crippen LogP contribution >= 0.6 is 45.3 Å². The van der Waals surface area contributed by atoms with Crippen LogP contribution in [-0.2, 0) is 0 Å². The molecular formula is C42H42S4Si4. The van der Waals surface area contributed by atoms with E-state index in [1.54, 1.807) is 39.5 Å². The molecule has 0 saturated heterocycles. The summed E-state index contributed by atoms with van der Waals surface area (Å²) in [6.07, 6.45) is 0. The summed E-state index contributed by atoms with van der Waals surface area (Å²) in [4.78, 5) is 9.05. The Morgan fingerprint density at radius 1 is 0.380 bits per heavy atom. The van der Waals surface area contributed by atoms with Gasteiger partial charge in [-0.2, -0.15) is 0 Å². The molecule has 7 aromatic rings. The molecule has 8 heteroatoms. The van der Waals surface area contributed by atoms with Crippen LogP contribution in [0.4, 0.5) is 0 Å². The number of thiophene rings is 4. The zero-order chi connectivity index (χ0) is 34.8. The molecule has 4 aromatic heterocycles. The highest BCUT2D eigenvalue weighted by Crippen LogP contribution is 2.39. The van der Waals surface area contributed by atoms with Gasteiger partial charge < -0.3 is 0 Å². The van der Waals surface area contributed by atoms with E-state index in [-0.39, 0.29) is 0 Å². The van der Waals surface area contributed by atoms with Crippen molar-refractivity contribution in [3.05, 3.63) is 119 Å². The van der Waals surface area contributed by atoms with Crippen LogP contribution in [0.5, 0.6) is 0 Å². The minimum absolute atomic E-state index is 1.43. The van der Waals surface area contributed by atoms with Gasteiger partial charge in [-0.15, -0.1) is 45.3 Å². The van der Waals surface area contributed by atoms with Crippen LogP contribution in [-0.4, -0.2) is 32.3 Å². The lowest BCUT2D eigenvalue weighted by molar-refractivity contribution is 1.64. The van der Waals surface area contributed by atoms with Crippen molar-refractivity contribution in [2.45, 2.75) is 53.1 Å². The molecule has 2 unspecified atom stereocenters. The number of rotatable bonds is 6. The van der Waals surface area contributed by atoms with E-state index >= 15 is 0 Å². The molecule has 2 aliphatic rings. The quantitative estimate of drug-likeness (QED) is 0.173. The molecule has 3 aromatic carbocycles. The van der Waals surface area contributed by atoms with Gasteiger partial charge in [0.2, 0.25) is 0 Å². The zero-order valence-electron chi connectivity index (χ0n) is 30.0. The van der Waals surface area contributed by atoms with E-state index < -0.39 is 32.3 Å². The predicted molar refractivity (Wildman–Crippen MR) is 239 cm³/mol. The van der Waals surface area contributed by atoms with Gasteiger partial charge in [-0.05, 0) is 76.5 Å². The van der Waals surface area contributed by atoms with Crippen molar-refractivity contribution in [1.29, 1.82) is 0 Å². The first kappa shape index (κ1) is 33.2. The first-order valence-corrected chi connectivity index (χ1v) is 31.9. The van der Waals surface area contributed by atoms with Crippen LogP contribution in [0, 0.1) is 13.8 Å². The normalized spacial score (nSPS) is 19.4. The third kappa shape index (κ3) is 4.59. The van der Waals surface area contributed by atoms with E-state index in [0.717, 1.165) is 0 Å². The van der Waals surface area contributed by atoms with Crippen LogP contribution in [0.3, 0.4) is 0 Å². The van der Waals surface area contributed by atoms with Gasteiger partial charge in [0.15, 0.2) is 16.1 Å². The second-order valence-electron chi connectivity index (χ2n) is 16.2. The van der Waals surface area contributed by atoms with Gasteiger partial charge in [0, 0.05) is 29.3 Å². The van der Waals surface area contributed by atoms with Gasteiger partial charge in [-0.25, -0.2) is 0 Å². The topological polar surface area (TPSA) is 0 Å². The highest BCUT2D eigenvalue weighted by Gasteiger charge is 2.54. The van der Waals surface area contributed by atoms with Crippen molar-refractivity contribution in [1.82, 2.24) is 0 Å². The fourth-order valence-corrected chi connectivity index (χ4v) is 30.0. The lowest BCUT2D eigenvalue weighted by atomic mass is 10.3. The molecule has 0 spiro atoms. The summed E-state index contributed by atoms with van der Waals surface area (Å²) >= 11 is 8.25. The van der Waals surface area contributed by atoms with Crippen molar-refractivity contribution in [2.75, 3.05) is 0 Å². The molecule has 0 radical (unpaired) electrons. The van der Waals surface area contributed by atoms with E-state index in [9.17, 15) is 0 Å². The summed E-state index contributed by atoms with van der Waals surface area (Å²) < 4.78 is 3.27. The molecule has 2 atom stereocenters. The first-order valence-electron chi connectivity index (χ1n) is 17.6. The number of fused-ring (bicyclic) bond motifs is 6. The number of hydrogen-bond donors (Lipinski definition) is 0. The van der Waals surface area contributed by atoms with Gasteiger partial charge in [0.1, 0.15) is 0 Å². The maximum absolute atomic E-state index is 2.68. The predicted octanol–water partition coefficient (Wildman–Crippen LogP) is 6.36. The van der Waals surface area contributed by atoms with E-state index in [0.29, 0.717) is 0 Å². The maximum Gasteiger partial charge on any atom is 0.182 e. The Balaban J connectivity index is 1.33. The minimum atomic E-state index is -2.52. The van der Waals surface area contributed by atoms with E-state index in [1.807, 2.05) is 22.7 Å². The number of hydrogen-bond acceptors (Lipinski definition) is 4. The van der Waals surface area contributed by atoms with E-state index in [2.05, 4.69) is 185 Å². The summed E-state index contributed by atoms with van der Waals surface area (Å²) in [7, 11) is -8.04. The van der Waals surface area contributed by atoms with Crippen LogP contribution in [0.25, 0.3) is 19.5 Å². The fraction of sp³-hybridized carbons (Fsp3) is 0.190. The van der Waals surface area contributed by atoms with Gasteiger partial charge in [0.25, 0.3) is 0 Å². The lowest BCUT2D eigenvalue weighted by Gasteiger charge is -2.33. The maximum atomic E-state index is 2.68. The summed E-state index contributed by atoms with van der Waals surface area (Å²) in [5.41, 5.74) is 0. The first-order chi connectivity index (χ1) is 23.8. The van der Waals surface area contributed by atoms with Crippen molar-refractivity contribution in [3.8, 4) is 19.5 Å². The van der Waals surface area contributed by atoms with Crippen molar-refractivity contribution in [3.63, 3.8) is 0 Å². The summed E-state index contributed by atoms with van der Waals surface area (Å²) in [5, 5.41) is 12.5. The van der Waals surface area contributed by atoms with Gasteiger partial charge in [-0.1, -0.05) is 136 Å². The molecule has 0 aliphatic carbocycles. The summed E-state index contributed by atoms with van der Waals surface area (Å²) in [6.45, 7) is 19.7. The Hall–Kier alpha value is -2.67. The highest BCUT2D eigenvalue weighted by atomic mass is 32.1. The molecule has 6 heterocycles. The van der Waals surface area contributed by atoms with Crippen molar-refractivity contribution >= 4 is 128 Å². The molecule has 0 fully saturated rings. The Bertz CT molecular complexity index is 2250. The molecule has 0 bridgehead atoms. The van der Waals surface area contributed by atoms with Crippen LogP contribution in [0.15, 0.2) is 109 Å². The van der Waals surface area contributed by atoms with Gasteiger partial charge >= 0.3 is 0 Å². The third-order valence-corrected chi connectivity index (χ3v) is 33.0. The molecule has 2 aliphatic heterocycles. The largest absolute Gasteiger partial charge is 0.182 e. The Morgan fingerprint density at radius 2 is 0.680 bits per heavy atom. The Kier molecular flexibility index (Phi) is 7.57. The lowest BCUT2D eigenvalue weighted by Crippen LogP contribution is -2.74. The second-order valence-corrected chi connectivity index (χ2v) is 39.1. The summed E-state index contributed by atoms with van der Waals surface area (Å²) in [6, 6.07) is 44.0. The number of aryl methyl sites for hydroxylation is 2. The van der Waals surface area contributed by atoms with E-state index in [4.69, 9.17) is 0 Å². The second kappa shape index (κ2) is 11.4. The molecule has 0 amide bonds. The molecule has 9 rings (SSSR count). The molecule has 250 valence electrons. The highest BCUT2D eigenvalue weighted by molar-refractivity contribution is 7.39. The molecule has 50 heavy (non-hydrogen) atoms. The van der Waals surface area contributed by atoms with Gasteiger partial charge in [0.05, 0.1) is 16.1 Å². The average Bonchev–Trinajstić information content (AvgIpc) is 3.91. The standard InChI is InChI=1S/C42H42S4Si4/c1-27-23-33-39(43-27)41-35(25-37(45-41)47(3,4)5)49(33,29-15-11-9-12-16-29)31-19-21-32(22-20-31)50(30-17-13-10-14-18-30)34-24-28(2)44-40(34)42-36(50)26-38(46-42)48(6,7)8/h9-26H,1-8H3. The third-order valence-electron chi connectivity index (χ3n) is 10.8. The average molecular weight is 787 g/mol. The molecule has 0 nitrogen and oxygen atoms in total. The van der Waals surface area contributed by atoms with Crippen LogP contribution in [0.2, 0.25) is 39.3 Å². The van der Waals surface area contributed by atoms with Gasteiger partial charge in [-0.3, -0.25) is 0 Å². The summed E-state index contributed by atoms with van der Waals surface area (Å²) in [5.74, 6) is 0. The van der Waals surface area contributed by atoms with E-state index in [1.165, 1.54) is 40.3 Å². The van der Waals surface area contributed by atoms with Crippen molar-refractivity contribution < 1.29 is 0 Å². The monoisotopic (exact) mass is 786 g/mol. The minimum Gasteiger partial charge on any atom is -0.144 e. The molecule has 0 saturated carbocycles. The smallest absolute Gasteiger partial charge is 0.144 e. The Morgan fingerprint density at radius 3 is 1.02 bits per heavy atom. The van der Waals surface area contributed by atoms with Crippen LogP contribution in [0.1, 0.15) is 9.75 Å². The zero-order valence-corrected chi connectivity index (χ0v) is 37.3. The fourth-order valence-electron chi connectivity index (χ4n) is 8.55. The van der Waals surface area contributed by atoms with Crippen LogP contribution < -0.4 is 50.5 Å². The molecule has 0 N–H and O–H groups in total. The SMILES string of the molecule is Cc1cc2c(s1)-c1sc([Si](C)(C)C)cc1[Si]2(c1ccccc1)c1ccc([Si]2(c3ccccc3)c3cc(C)sc3-c3sc([Si](C)(C)C)cc32)cc1. The molecular weight excluding hydrogens is 745 g/mol. The Labute approximate surface area is 317 Å².